The van der Waals surface area contributed by atoms with Gasteiger partial charge in [-0.15, -0.1) is 0 Å². The molecule has 0 aliphatic carbocycles. The Balaban J connectivity index is 1.42. The second-order valence-electron chi connectivity index (χ2n) is 8.19. The van der Waals surface area contributed by atoms with E-state index in [0.29, 0.717) is 6.04 Å². The van der Waals surface area contributed by atoms with Gasteiger partial charge in [0.25, 0.3) is 0 Å². The number of hydrogen-bond donors (Lipinski definition) is 2. The van der Waals surface area contributed by atoms with Crippen molar-refractivity contribution in [3.63, 3.8) is 0 Å². The molecule has 0 amide bonds. The largest absolute Gasteiger partial charge is 0.395 e. The highest BCUT2D eigenvalue weighted by Crippen LogP contribution is 2.28. The van der Waals surface area contributed by atoms with Gasteiger partial charge in [-0.1, -0.05) is 55.0 Å². The van der Waals surface area contributed by atoms with Crippen LogP contribution in [0.2, 0.25) is 0 Å². The number of aromatic nitrogens is 2. The zero-order valence-corrected chi connectivity index (χ0v) is 17.1. The molecule has 0 saturated carbocycles. The molecule has 2 heterocycles. The summed E-state index contributed by atoms with van der Waals surface area (Å²) in [5.41, 5.74) is 6.82. The molecule has 2 N–H and O–H groups in total. The first-order valence-electron chi connectivity index (χ1n) is 10.8. The van der Waals surface area contributed by atoms with Crippen LogP contribution in [0.1, 0.15) is 24.8 Å². The van der Waals surface area contributed by atoms with Crippen LogP contribution in [-0.4, -0.2) is 39.2 Å². The van der Waals surface area contributed by atoms with E-state index in [1.54, 1.807) is 0 Å². The van der Waals surface area contributed by atoms with Crippen molar-refractivity contribution < 1.29 is 5.11 Å². The highest BCUT2D eigenvalue weighted by molar-refractivity contribution is 5.80. The third-order valence-electron chi connectivity index (χ3n) is 6.13. The monoisotopic (exact) mass is 397 g/mol. The summed E-state index contributed by atoms with van der Waals surface area (Å²) in [6.07, 6.45) is 3.53. The number of para-hydroxylation sites is 2. The van der Waals surface area contributed by atoms with E-state index in [9.17, 15) is 5.11 Å². The molecule has 0 radical (unpaired) electrons. The van der Waals surface area contributed by atoms with E-state index in [2.05, 4.69) is 64.5 Å². The van der Waals surface area contributed by atoms with Gasteiger partial charge < -0.3 is 10.1 Å². The lowest BCUT2D eigenvalue weighted by atomic mass is 9.99. The maximum absolute atomic E-state index is 9.71. The number of piperidine rings is 1. The molecule has 0 bridgehead atoms. The summed E-state index contributed by atoms with van der Waals surface area (Å²) < 4.78 is 0. The SMILES string of the molecule is OCC1CCCCN1Cc1cccc(-c2cccc(-c3nc4ccccc4[nH]3)c2)c1. The zero-order chi connectivity index (χ0) is 20.3. The van der Waals surface area contributed by atoms with Crippen LogP contribution in [0.15, 0.2) is 72.8 Å². The molecule has 1 aliphatic rings. The first kappa shape index (κ1) is 19.0. The molecule has 1 fully saturated rings. The molecule has 3 aromatic carbocycles. The summed E-state index contributed by atoms with van der Waals surface area (Å²) in [5.74, 6) is 0.897. The number of nitrogens with one attached hydrogen (secondary N) is 1. The van der Waals surface area contributed by atoms with Crippen molar-refractivity contribution in [1.29, 1.82) is 0 Å². The van der Waals surface area contributed by atoms with Crippen molar-refractivity contribution in [3.05, 3.63) is 78.4 Å². The van der Waals surface area contributed by atoms with Gasteiger partial charge in [-0.05, 0) is 60.3 Å². The lowest BCUT2D eigenvalue weighted by Crippen LogP contribution is -2.41. The number of benzene rings is 3. The summed E-state index contributed by atoms with van der Waals surface area (Å²) in [6, 6.07) is 25.7. The lowest BCUT2D eigenvalue weighted by Gasteiger charge is -2.34. The third-order valence-corrected chi connectivity index (χ3v) is 6.13. The second kappa shape index (κ2) is 8.42. The Morgan fingerprint density at radius 1 is 0.900 bits per heavy atom. The van der Waals surface area contributed by atoms with Gasteiger partial charge in [0.15, 0.2) is 0 Å². The van der Waals surface area contributed by atoms with Crippen molar-refractivity contribution in [1.82, 2.24) is 14.9 Å². The van der Waals surface area contributed by atoms with Gasteiger partial charge in [-0.2, -0.15) is 0 Å². The van der Waals surface area contributed by atoms with E-state index in [-0.39, 0.29) is 6.61 Å². The molecule has 152 valence electrons. The van der Waals surface area contributed by atoms with E-state index in [1.807, 2.05) is 18.2 Å². The number of likely N-dealkylation sites (tertiary alicyclic amines) is 1. The van der Waals surface area contributed by atoms with Gasteiger partial charge in [-0.25, -0.2) is 4.98 Å². The van der Waals surface area contributed by atoms with Crippen molar-refractivity contribution in [2.45, 2.75) is 31.8 Å². The van der Waals surface area contributed by atoms with Crippen LogP contribution < -0.4 is 0 Å². The fourth-order valence-electron chi connectivity index (χ4n) is 4.49. The second-order valence-corrected chi connectivity index (χ2v) is 8.19. The van der Waals surface area contributed by atoms with Gasteiger partial charge >= 0.3 is 0 Å². The summed E-state index contributed by atoms with van der Waals surface area (Å²) in [7, 11) is 0. The number of aliphatic hydroxyl groups excluding tert-OH is 1. The smallest absolute Gasteiger partial charge is 0.138 e. The Morgan fingerprint density at radius 3 is 2.57 bits per heavy atom. The Hall–Kier alpha value is -2.95. The Bertz CT molecular complexity index is 1120. The van der Waals surface area contributed by atoms with Crippen molar-refractivity contribution in [2.24, 2.45) is 0 Å². The zero-order valence-electron chi connectivity index (χ0n) is 17.1. The molecule has 5 rings (SSSR count). The summed E-state index contributed by atoms with van der Waals surface area (Å²) in [6.45, 7) is 2.21. The van der Waals surface area contributed by atoms with Crippen LogP contribution in [0, 0.1) is 0 Å². The molecule has 1 aliphatic heterocycles. The van der Waals surface area contributed by atoms with Crippen LogP contribution in [0.5, 0.6) is 0 Å². The van der Waals surface area contributed by atoms with Crippen molar-refractivity contribution in [2.75, 3.05) is 13.2 Å². The standard InChI is InChI=1S/C26H27N3O/c30-18-23-11-3-4-14-29(23)17-19-7-5-8-20(15-19)21-9-6-10-22(16-21)26-27-24-12-1-2-13-25(24)28-26/h1-2,5-10,12-13,15-16,23,30H,3-4,11,14,17-18H2,(H,27,28). The molecular formula is C26H27N3O. The highest BCUT2D eigenvalue weighted by atomic mass is 16.3. The van der Waals surface area contributed by atoms with E-state index in [0.717, 1.165) is 41.9 Å². The molecule has 4 nitrogen and oxygen atoms in total. The number of H-pyrrole nitrogens is 1. The first-order chi connectivity index (χ1) is 14.8. The molecular weight excluding hydrogens is 370 g/mol. The van der Waals surface area contributed by atoms with Crippen molar-refractivity contribution in [3.8, 4) is 22.5 Å². The maximum Gasteiger partial charge on any atom is 0.138 e. The van der Waals surface area contributed by atoms with Crippen molar-refractivity contribution >= 4 is 11.0 Å². The van der Waals surface area contributed by atoms with Crippen LogP contribution in [0.3, 0.4) is 0 Å². The summed E-state index contributed by atoms with van der Waals surface area (Å²) >= 11 is 0. The quantitative estimate of drug-likeness (QED) is 0.484. The third kappa shape index (κ3) is 3.89. The molecule has 1 unspecified atom stereocenters. The van der Waals surface area contributed by atoms with Gasteiger partial charge in [0.1, 0.15) is 5.82 Å². The number of fused-ring (bicyclic) bond motifs is 1. The average Bonchev–Trinajstić information content (AvgIpc) is 3.24. The molecule has 1 aromatic heterocycles. The van der Waals surface area contributed by atoms with E-state index in [4.69, 9.17) is 4.98 Å². The van der Waals surface area contributed by atoms with E-state index >= 15 is 0 Å². The fourth-order valence-corrected chi connectivity index (χ4v) is 4.49. The van der Waals surface area contributed by atoms with Crippen LogP contribution >= 0.6 is 0 Å². The molecule has 4 heteroatoms. The minimum atomic E-state index is 0.249. The van der Waals surface area contributed by atoms with E-state index < -0.39 is 0 Å². The summed E-state index contributed by atoms with van der Waals surface area (Å²) in [5, 5.41) is 9.71. The molecule has 4 aromatic rings. The fraction of sp³-hybridized carbons (Fsp3) is 0.269. The molecule has 0 spiro atoms. The first-order valence-corrected chi connectivity index (χ1v) is 10.8. The number of rotatable bonds is 5. The van der Waals surface area contributed by atoms with Gasteiger partial charge in [0.05, 0.1) is 17.6 Å². The maximum atomic E-state index is 9.71. The topological polar surface area (TPSA) is 52.1 Å². The van der Waals surface area contributed by atoms with Crippen LogP contribution in [0.4, 0.5) is 0 Å². The average molecular weight is 398 g/mol. The number of aromatic amines is 1. The van der Waals surface area contributed by atoms with E-state index in [1.165, 1.54) is 29.5 Å². The predicted molar refractivity (Wildman–Crippen MR) is 122 cm³/mol. The van der Waals surface area contributed by atoms with Gasteiger partial charge in [0.2, 0.25) is 0 Å². The Kier molecular flexibility index (Phi) is 5.35. The predicted octanol–water partition coefficient (Wildman–Crippen LogP) is 5.24. The van der Waals surface area contributed by atoms with Crippen LogP contribution in [-0.2, 0) is 6.54 Å². The number of nitrogens with zero attached hydrogens (tertiary/aromatic N) is 2. The lowest BCUT2D eigenvalue weighted by molar-refractivity contribution is 0.0841. The van der Waals surface area contributed by atoms with Gasteiger partial charge in [-0.3, -0.25) is 4.90 Å². The molecule has 1 atom stereocenters. The minimum Gasteiger partial charge on any atom is -0.395 e. The number of imidazole rings is 1. The summed E-state index contributed by atoms with van der Waals surface area (Å²) in [4.78, 5) is 10.6. The minimum absolute atomic E-state index is 0.249. The normalized spacial score (nSPS) is 17.4. The number of aliphatic hydroxyl groups is 1. The van der Waals surface area contributed by atoms with Gasteiger partial charge in [0, 0.05) is 18.2 Å². The highest BCUT2D eigenvalue weighted by Gasteiger charge is 2.21. The Morgan fingerprint density at radius 2 is 1.70 bits per heavy atom. The van der Waals surface area contributed by atoms with Crippen LogP contribution in [0.25, 0.3) is 33.5 Å². The Labute approximate surface area is 177 Å². The number of hydrogen-bond acceptors (Lipinski definition) is 3. The molecule has 1 saturated heterocycles. The molecule has 30 heavy (non-hydrogen) atoms.